The van der Waals surface area contributed by atoms with E-state index in [4.69, 9.17) is 0 Å². The number of carbonyl (C=O) groups is 2. The van der Waals surface area contributed by atoms with Crippen LogP contribution < -0.4 is 5.32 Å². The van der Waals surface area contributed by atoms with Crippen LogP contribution in [0, 0.1) is 11.3 Å². The molecular weight excluding hydrogens is 270 g/mol. The van der Waals surface area contributed by atoms with Gasteiger partial charge in [-0.25, -0.2) is 4.79 Å². The molecule has 0 aromatic carbocycles. The highest BCUT2D eigenvalue weighted by atomic mass is 16.3. The maximum absolute atomic E-state index is 12.2. The lowest BCUT2D eigenvalue weighted by atomic mass is 10.0. The molecule has 1 spiro atoms. The van der Waals surface area contributed by atoms with E-state index in [0.29, 0.717) is 26.1 Å². The molecule has 6 nitrogen and oxygen atoms in total. The first kappa shape index (κ1) is 14.6. The van der Waals surface area contributed by atoms with Gasteiger partial charge in [0.15, 0.2) is 0 Å². The van der Waals surface area contributed by atoms with Gasteiger partial charge in [-0.2, -0.15) is 0 Å². The van der Waals surface area contributed by atoms with E-state index in [9.17, 15) is 14.7 Å². The first-order valence-corrected chi connectivity index (χ1v) is 8.03. The van der Waals surface area contributed by atoms with Crippen LogP contribution >= 0.6 is 0 Å². The summed E-state index contributed by atoms with van der Waals surface area (Å²) in [5.74, 6) is 0.417. The third-order valence-corrected chi connectivity index (χ3v) is 5.12. The minimum Gasteiger partial charge on any atom is -0.391 e. The molecule has 0 bridgehead atoms. The predicted octanol–water partition coefficient (Wildman–Crippen LogP) is 0.411. The second kappa shape index (κ2) is 5.48. The van der Waals surface area contributed by atoms with Crippen LogP contribution in [-0.4, -0.2) is 65.7 Å². The number of aliphatic hydroxyl groups is 1. The van der Waals surface area contributed by atoms with E-state index in [0.717, 1.165) is 32.4 Å². The quantitative estimate of drug-likeness (QED) is 0.789. The summed E-state index contributed by atoms with van der Waals surface area (Å²) in [5, 5.41) is 12.9. The highest BCUT2D eigenvalue weighted by molar-refractivity contribution is 5.79. The number of β-amino-alcohol motifs (C(OH)–C–C–N with tert-alkyl or cyclic N) is 1. The van der Waals surface area contributed by atoms with Crippen molar-refractivity contribution in [2.24, 2.45) is 11.3 Å². The van der Waals surface area contributed by atoms with Crippen LogP contribution in [0.5, 0.6) is 0 Å². The van der Waals surface area contributed by atoms with Crippen LogP contribution in [0.25, 0.3) is 0 Å². The molecule has 3 rings (SSSR count). The Morgan fingerprint density at radius 1 is 1.43 bits per heavy atom. The lowest BCUT2D eigenvalue weighted by molar-refractivity contribution is -0.127. The average Bonchev–Trinajstić information content (AvgIpc) is 3.05. The summed E-state index contributed by atoms with van der Waals surface area (Å²) in [6, 6.07) is -0.0979. The maximum atomic E-state index is 12.2. The molecule has 3 fully saturated rings. The minimum atomic E-state index is -0.364. The smallest absolute Gasteiger partial charge is 0.317 e. The van der Waals surface area contributed by atoms with Gasteiger partial charge >= 0.3 is 6.03 Å². The van der Waals surface area contributed by atoms with Gasteiger partial charge in [0, 0.05) is 50.5 Å². The highest BCUT2D eigenvalue weighted by Gasteiger charge is 2.55. The molecule has 21 heavy (non-hydrogen) atoms. The summed E-state index contributed by atoms with van der Waals surface area (Å²) in [6.07, 6.45) is 3.20. The van der Waals surface area contributed by atoms with Crippen molar-refractivity contribution in [2.75, 3.05) is 32.7 Å². The molecule has 0 radical (unpaired) electrons. The molecule has 2 aliphatic heterocycles. The number of rotatable bonds is 4. The van der Waals surface area contributed by atoms with E-state index in [-0.39, 0.29) is 29.4 Å². The van der Waals surface area contributed by atoms with E-state index in [1.54, 1.807) is 4.90 Å². The lowest BCUT2D eigenvalue weighted by Gasteiger charge is -2.19. The number of likely N-dealkylation sites (tertiary alicyclic amines) is 2. The van der Waals surface area contributed by atoms with Gasteiger partial charge in [0.1, 0.15) is 0 Å². The predicted molar refractivity (Wildman–Crippen MR) is 77.6 cm³/mol. The fourth-order valence-electron chi connectivity index (χ4n) is 3.58. The van der Waals surface area contributed by atoms with Crippen LogP contribution in [0.2, 0.25) is 0 Å². The van der Waals surface area contributed by atoms with Crippen LogP contribution in [0.3, 0.4) is 0 Å². The standard InChI is InChI=1S/C15H25N3O3/c1-2-5-17-8-11(6-13(17)20)7-16-14(21)18-9-12(19)15(10-18)3-4-15/h11-12,19H,2-10H2,1H3,(H,16,21). The normalized spacial score (nSPS) is 30.3. The number of aliphatic hydroxyl groups excluding tert-OH is 1. The fourth-order valence-corrected chi connectivity index (χ4v) is 3.58. The zero-order valence-electron chi connectivity index (χ0n) is 12.7. The fraction of sp³-hybridized carbons (Fsp3) is 0.867. The number of urea groups is 1. The van der Waals surface area contributed by atoms with Crippen molar-refractivity contribution in [3.8, 4) is 0 Å². The Bertz CT molecular complexity index is 436. The molecule has 0 aromatic rings. The topological polar surface area (TPSA) is 72.9 Å². The molecule has 2 N–H and O–H groups in total. The summed E-state index contributed by atoms with van der Waals surface area (Å²) < 4.78 is 0. The zero-order chi connectivity index (χ0) is 15.0. The molecule has 1 saturated carbocycles. The Morgan fingerprint density at radius 2 is 2.19 bits per heavy atom. The monoisotopic (exact) mass is 295 g/mol. The average molecular weight is 295 g/mol. The lowest BCUT2D eigenvalue weighted by Crippen LogP contribution is -2.41. The molecule has 3 amide bonds. The maximum Gasteiger partial charge on any atom is 0.317 e. The summed E-state index contributed by atoms with van der Waals surface area (Å²) >= 11 is 0. The van der Waals surface area contributed by atoms with Crippen molar-refractivity contribution in [1.29, 1.82) is 0 Å². The number of carbonyl (C=O) groups excluding carboxylic acids is 2. The van der Waals surface area contributed by atoms with Crippen molar-refractivity contribution >= 4 is 11.9 Å². The zero-order valence-corrected chi connectivity index (χ0v) is 12.7. The number of amides is 3. The summed E-state index contributed by atoms with van der Waals surface area (Å²) in [4.78, 5) is 27.5. The van der Waals surface area contributed by atoms with Gasteiger partial charge in [0.05, 0.1) is 6.10 Å². The Balaban J connectivity index is 1.43. The number of hydrogen-bond donors (Lipinski definition) is 2. The summed E-state index contributed by atoms with van der Waals surface area (Å²) in [5.41, 5.74) is -0.00140. The molecular formula is C15H25N3O3. The van der Waals surface area contributed by atoms with Crippen LogP contribution in [0.4, 0.5) is 4.79 Å². The van der Waals surface area contributed by atoms with Gasteiger partial charge in [-0.05, 0) is 19.3 Å². The van der Waals surface area contributed by atoms with Crippen LogP contribution in [0.1, 0.15) is 32.6 Å². The second-order valence-corrected chi connectivity index (χ2v) is 6.85. The number of nitrogens with one attached hydrogen (secondary N) is 1. The van der Waals surface area contributed by atoms with Crippen molar-refractivity contribution in [1.82, 2.24) is 15.1 Å². The molecule has 1 aliphatic carbocycles. The molecule has 2 atom stereocenters. The van der Waals surface area contributed by atoms with Crippen LogP contribution in [-0.2, 0) is 4.79 Å². The Hall–Kier alpha value is -1.30. The van der Waals surface area contributed by atoms with E-state index in [1.807, 2.05) is 4.90 Å². The Morgan fingerprint density at radius 3 is 2.81 bits per heavy atom. The van der Waals surface area contributed by atoms with Crippen molar-refractivity contribution < 1.29 is 14.7 Å². The largest absolute Gasteiger partial charge is 0.391 e. The van der Waals surface area contributed by atoms with Gasteiger partial charge in [-0.3, -0.25) is 4.79 Å². The SMILES string of the molecule is CCCN1CC(CNC(=O)N2CC(O)C3(CC3)C2)CC1=O. The summed E-state index contributed by atoms with van der Waals surface area (Å²) in [6.45, 7) is 5.28. The molecule has 0 aromatic heterocycles. The molecule has 2 unspecified atom stereocenters. The molecule has 3 aliphatic rings. The Labute approximate surface area is 125 Å². The van der Waals surface area contributed by atoms with Gasteiger partial charge < -0.3 is 20.2 Å². The third kappa shape index (κ3) is 2.86. The van der Waals surface area contributed by atoms with Crippen molar-refractivity contribution in [3.05, 3.63) is 0 Å². The van der Waals surface area contributed by atoms with E-state index in [1.165, 1.54) is 0 Å². The molecule has 6 heteroatoms. The Kier molecular flexibility index (Phi) is 3.82. The highest BCUT2D eigenvalue weighted by Crippen LogP contribution is 2.52. The number of nitrogens with zero attached hydrogens (tertiary/aromatic N) is 2. The summed E-state index contributed by atoms with van der Waals surface area (Å²) in [7, 11) is 0. The molecule has 118 valence electrons. The third-order valence-electron chi connectivity index (χ3n) is 5.12. The van der Waals surface area contributed by atoms with Gasteiger partial charge in [0.2, 0.25) is 5.91 Å². The van der Waals surface area contributed by atoms with E-state index in [2.05, 4.69) is 12.2 Å². The van der Waals surface area contributed by atoms with Gasteiger partial charge in [0.25, 0.3) is 0 Å². The van der Waals surface area contributed by atoms with Crippen molar-refractivity contribution in [2.45, 2.75) is 38.7 Å². The van der Waals surface area contributed by atoms with Gasteiger partial charge in [-0.15, -0.1) is 0 Å². The minimum absolute atomic E-state index is 0.00140. The van der Waals surface area contributed by atoms with E-state index >= 15 is 0 Å². The first-order chi connectivity index (χ1) is 10.0. The first-order valence-electron chi connectivity index (χ1n) is 8.03. The van der Waals surface area contributed by atoms with E-state index < -0.39 is 0 Å². The second-order valence-electron chi connectivity index (χ2n) is 6.85. The van der Waals surface area contributed by atoms with Crippen molar-refractivity contribution in [3.63, 3.8) is 0 Å². The molecule has 2 saturated heterocycles. The molecule has 2 heterocycles. The van der Waals surface area contributed by atoms with Crippen LogP contribution in [0.15, 0.2) is 0 Å². The number of hydrogen-bond acceptors (Lipinski definition) is 3. The van der Waals surface area contributed by atoms with Gasteiger partial charge in [-0.1, -0.05) is 6.92 Å².